The lowest BCUT2D eigenvalue weighted by Gasteiger charge is -2.11. The zero-order valence-corrected chi connectivity index (χ0v) is 17.3. The molecule has 0 bridgehead atoms. The molecule has 0 aliphatic heterocycles. The lowest BCUT2D eigenvalue weighted by Crippen LogP contribution is -2.26. The summed E-state index contributed by atoms with van der Waals surface area (Å²) in [6.45, 7) is 3.66. The standard InChI is InChI=1S/C17H17BrN4O2S2/c1-11-3-9-15(10-4-11)26(23,24)22-12(2)16-20-21-17(25-16)19-14-7-5-13(18)6-8-14/h3-10,12,22H,1-2H3,(H,19,21). The van der Waals surface area contributed by atoms with Crippen LogP contribution in [0.15, 0.2) is 57.9 Å². The summed E-state index contributed by atoms with van der Waals surface area (Å²) in [6, 6.07) is 13.9. The smallest absolute Gasteiger partial charge is 0.241 e. The number of hydrogen-bond donors (Lipinski definition) is 2. The highest BCUT2D eigenvalue weighted by Crippen LogP contribution is 2.26. The minimum absolute atomic E-state index is 0.229. The highest BCUT2D eigenvalue weighted by molar-refractivity contribution is 9.10. The van der Waals surface area contributed by atoms with E-state index < -0.39 is 16.1 Å². The Balaban J connectivity index is 1.70. The Bertz CT molecular complexity index is 986. The van der Waals surface area contributed by atoms with E-state index in [0.29, 0.717) is 10.1 Å². The quantitative estimate of drug-likeness (QED) is 0.578. The highest BCUT2D eigenvalue weighted by Gasteiger charge is 2.21. The van der Waals surface area contributed by atoms with Crippen LogP contribution in [0.5, 0.6) is 0 Å². The molecule has 0 saturated carbocycles. The summed E-state index contributed by atoms with van der Waals surface area (Å²) < 4.78 is 28.6. The summed E-state index contributed by atoms with van der Waals surface area (Å²) in [4.78, 5) is 0.229. The van der Waals surface area contributed by atoms with Gasteiger partial charge >= 0.3 is 0 Å². The van der Waals surface area contributed by atoms with Crippen LogP contribution >= 0.6 is 27.3 Å². The lowest BCUT2D eigenvalue weighted by molar-refractivity contribution is 0.565. The topological polar surface area (TPSA) is 84.0 Å². The summed E-state index contributed by atoms with van der Waals surface area (Å²) in [7, 11) is -3.62. The van der Waals surface area contributed by atoms with Crippen molar-refractivity contribution in [2.75, 3.05) is 5.32 Å². The molecule has 9 heteroatoms. The molecule has 0 saturated heterocycles. The van der Waals surface area contributed by atoms with E-state index in [0.717, 1.165) is 15.7 Å². The second-order valence-electron chi connectivity index (χ2n) is 5.73. The van der Waals surface area contributed by atoms with Crippen LogP contribution in [0.4, 0.5) is 10.8 Å². The van der Waals surface area contributed by atoms with Gasteiger partial charge in [-0.1, -0.05) is 45.0 Å². The van der Waals surface area contributed by atoms with Crippen molar-refractivity contribution in [1.82, 2.24) is 14.9 Å². The van der Waals surface area contributed by atoms with Crippen molar-refractivity contribution < 1.29 is 8.42 Å². The molecule has 0 fully saturated rings. The van der Waals surface area contributed by atoms with Gasteiger partial charge in [0.05, 0.1) is 10.9 Å². The first-order valence-electron chi connectivity index (χ1n) is 7.78. The van der Waals surface area contributed by atoms with E-state index in [9.17, 15) is 8.42 Å². The fourth-order valence-electron chi connectivity index (χ4n) is 2.19. The first-order chi connectivity index (χ1) is 12.3. The number of anilines is 2. The number of benzene rings is 2. The van der Waals surface area contributed by atoms with Crippen molar-refractivity contribution >= 4 is 48.1 Å². The molecular formula is C17H17BrN4O2S2. The maximum atomic E-state index is 12.5. The number of halogens is 1. The molecular weight excluding hydrogens is 436 g/mol. The van der Waals surface area contributed by atoms with E-state index in [1.54, 1.807) is 31.2 Å². The number of rotatable bonds is 6. The third-order valence-corrected chi connectivity index (χ3v) is 6.68. The zero-order chi connectivity index (χ0) is 18.7. The van der Waals surface area contributed by atoms with Crippen LogP contribution in [0.1, 0.15) is 23.5 Å². The first-order valence-corrected chi connectivity index (χ1v) is 10.9. The Morgan fingerprint density at radius 1 is 1.04 bits per heavy atom. The van der Waals surface area contributed by atoms with E-state index in [1.165, 1.54) is 11.3 Å². The third kappa shape index (κ3) is 4.67. The molecule has 0 spiro atoms. The van der Waals surface area contributed by atoms with Crippen LogP contribution in [-0.2, 0) is 10.0 Å². The molecule has 0 radical (unpaired) electrons. The number of nitrogens with one attached hydrogen (secondary N) is 2. The van der Waals surface area contributed by atoms with Gasteiger partial charge in [0, 0.05) is 10.2 Å². The summed E-state index contributed by atoms with van der Waals surface area (Å²) in [6.07, 6.45) is 0. The largest absolute Gasteiger partial charge is 0.330 e. The maximum absolute atomic E-state index is 12.5. The molecule has 0 aliphatic carbocycles. The van der Waals surface area contributed by atoms with Gasteiger partial charge in [-0.15, -0.1) is 10.2 Å². The monoisotopic (exact) mass is 452 g/mol. The van der Waals surface area contributed by atoms with Crippen LogP contribution in [0.2, 0.25) is 0 Å². The highest BCUT2D eigenvalue weighted by atomic mass is 79.9. The zero-order valence-electron chi connectivity index (χ0n) is 14.1. The van der Waals surface area contributed by atoms with Crippen molar-refractivity contribution in [3.8, 4) is 0 Å². The molecule has 2 N–H and O–H groups in total. The number of aryl methyl sites for hydroxylation is 1. The van der Waals surface area contributed by atoms with Gasteiger partial charge in [0.25, 0.3) is 0 Å². The summed E-state index contributed by atoms with van der Waals surface area (Å²) in [5, 5.41) is 12.5. The molecule has 26 heavy (non-hydrogen) atoms. The Morgan fingerprint density at radius 3 is 2.35 bits per heavy atom. The summed E-state index contributed by atoms with van der Waals surface area (Å²) >= 11 is 4.69. The average molecular weight is 453 g/mol. The summed E-state index contributed by atoms with van der Waals surface area (Å²) in [5.74, 6) is 0. The number of sulfonamides is 1. The molecule has 1 aromatic heterocycles. The van der Waals surface area contributed by atoms with E-state index in [4.69, 9.17) is 0 Å². The van der Waals surface area contributed by atoms with Gasteiger partial charge < -0.3 is 5.32 Å². The third-order valence-electron chi connectivity index (χ3n) is 3.57. The Morgan fingerprint density at radius 2 is 1.69 bits per heavy atom. The Hall–Kier alpha value is -1.81. The van der Waals surface area contributed by atoms with Crippen molar-refractivity contribution in [3.05, 3.63) is 63.6 Å². The molecule has 2 aromatic carbocycles. The molecule has 6 nitrogen and oxygen atoms in total. The van der Waals surface area contributed by atoms with Crippen LogP contribution in [0.25, 0.3) is 0 Å². The Kier molecular flexibility index (Phi) is 5.71. The molecule has 3 rings (SSSR count). The van der Waals surface area contributed by atoms with Crippen molar-refractivity contribution in [3.63, 3.8) is 0 Å². The average Bonchev–Trinajstić information content (AvgIpc) is 3.06. The second-order valence-corrected chi connectivity index (χ2v) is 9.37. The van der Waals surface area contributed by atoms with Gasteiger partial charge in [0.2, 0.25) is 15.2 Å². The Labute approximate surface area is 164 Å². The lowest BCUT2D eigenvalue weighted by atomic mass is 10.2. The van der Waals surface area contributed by atoms with E-state index in [-0.39, 0.29) is 4.90 Å². The number of aromatic nitrogens is 2. The predicted octanol–water partition coefficient (Wildman–Crippen LogP) is 4.39. The van der Waals surface area contributed by atoms with Crippen LogP contribution in [0, 0.1) is 6.92 Å². The fourth-order valence-corrected chi connectivity index (χ4v) is 4.50. The molecule has 3 aromatic rings. The molecule has 1 heterocycles. The minimum atomic E-state index is -3.62. The normalized spacial score (nSPS) is 12.7. The SMILES string of the molecule is Cc1ccc(S(=O)(=O)NC(C)c2nnc(Nc3ccc(Br)cc3)s2)cc1. The van der Waals surface area contributed by atoms with Gasteiger partial charge in [-0.05, 0) is 50.2 Å². The molecule has 1 atom stereocenters. The maximum Gasteiger partial charge on any atom is 0.241 e. The number of nitrogens with zero attached hydrogens (tertiary/aromatic N) is 2. The van der Waals surface area contributed by atoms with Gasteiger partial charge in [-0.3, -0.25) is 0 Å². The van der Waals surface area contributed by atoms with Gasteiger partial charge in [-0.25, -0.2) is 13.1 Å². The van der Waals surface area contributed by atoms with Crippen LogP contribution < -0.4 is 10.0 Å². The van der Waals surface area contributed by atoms with Crippen molar-refractivity contribution in [1.29, 1.82) is 0 Å². The van der Waals surface area contributed by atoms with E-state index in [1.807, 2.05) is 31.2 Å². The first kappa shape index (κ1) is 19.0. The van der Waals surface area contributed by atoms with E-state index >= 15 is 0 Å². The molecule has 1 unspecified atom stereocenters. The van der Waals surface area contributed by atoms with Crippen molar-refractivity contribution in [2.24, 2.45) is 0 Å². The second kappa shape index (κ2) is 7.83. The fraction of sp³-hybridized carbons (Fsp3) is 0.176. The molecule has 0 aliphatic rings. The predicted molar refractivity (Wildman–Crippen MR) is 107 cm³/mol. The summed E-state index contributed by atoms with van der Waals surface area (Å²) in [5.41, 5.74) is 1.88. The van der Waals surface area contributed by atoms with Crippen LogP contribution in [0.3, 0.4) is 0 Å². The van der Waals surface area contributed by atoms with E-state index in [2.05, 4.69) is 36.2 Å². The van der Waals surface area contributed by atoms with Crippen LogP contribution in [-0.4, -0.2) is 18.6 Å². The van der Waals surface area contributed by atoms with Gasteiger partial charge in [0.15, 0.2) is 0 Å². The minimum Gasteiger partial charge on any atom is -0.330 e. The molecule has 136 valence electrons. The van der Waals surface area contributed by atoms with Crippen molar-refractivity contribution in [2.45, 2.75) is 24.8 Å². The molecule has 0 amide bonds. The van der Waals surface area contributed by atoms with Gasteiger partial charge in [0.1, 0.15) is 5.01 Å². The number of hydrogen-bond acceptors (Lipinski definition) is 6. The van der Waals surface area contributed by atoms with Gasteiger partial charge in [-0.2, -0.15) is 0 Å².